The first kappa shape index (κ1) is 17.8. The first-order valence-corrected chi connectivity index (χ1v) is 7.33. The zero-order valence-electron chi connectivity index (χ0n) is 12.8. The Bertz CT molecular complexity index is 712. The van der Waals surface area contributed by atoms with Crippen molar-refractivity contribution in [2.24, 2.45) is 0 Å². The number of amides is 1. The maximum absolute atomic E-state index is 12.0. The van der Waals surface area contributed by atoms with E-state index in [2.05, 4.69) is 15.5 Å². The van der Waals surface area contributed by atoms with Gasteiger partial charge in [-0.3, -0.25) is 4.79 Å². The number of furan rings is 1. The number of carbonyl (C=O) groups is 2. The Morgan fingerprint density at radius 2 is 1.96 bits per heavy atom. The van der Waals surface area contributed by atoms with E-state index >= 15 is 0 Å². The Hall–Kier alpha value is -2.51. The molecule has 0 unspecified atom stereocenters. The van der Waals surface area contributed by atoms with Gasteiger partial charge in [0.2, 0.25) is 0 Å². The second-order valence-electron chi connectivity index (χ2n) is 5.20. The number of carbonyl (C=O) groups excluding carboxylic acids is 1. The zero-order valence-corrected chi connectivity index (χ0v) is 13.6. The summed E-state index contributed by atoms with van der Waals surface area (Å²) in [5.74, 6) is -1.43. The van der Waals surface area contributed by atoms with E-state index in [0.717, 1.165) is 31.9 Å². The van der Waals surface area contributed by atoms with E-state index in [-0.39, 0.29) is 29.4 Å². The largest absolute Gasteiger partial charge is 0.478 e. The zero-order chi connectivity index (χ0) is 16.2. The summed E-state index contributed by atoms with van der Waals surface area (Å²) in [4.78, 5) is 25.7. The second kappa shape index (κ2) is 7.85. The highest BCUT2D eigenvalue weighted by Gasteiger charge is 2.18. The van der Waals surface area contributed by atoms with Gasteiger partial charge in [0.05, 0.1) is 17.5 Å². The fourth-order valence-corrected chi connectivity index (χ4v) is 2.53. The van der Waals surface area contributed by atoms with Crippen LogP contribution in [-0.4, -0.2) is 43.2 Å². The molecule has 24 heavy (non-hydrogen) atoms. The van der Waals surface area contributed by atoms with Crippen molar-refractivity contribution in [2.45, 2.75) is 0 Å². The molecule has 0 aliphatic carbocycles. The predicted octanol–water partition coefficient (Wildman–Crippen LogP) is 2.06. The van der Waals surface area contributed by atoms with Crippen LogP contribution in [0.4, 0.5) is 11.4 Å². The number of rotatable bonds is 4. The van der Waals surface area contributed by atoms with Gasteiger partial charge in [0.1, 0.15) is 0 Å². The Labute approximate surface area is 145 Å². The highest BCUT2D eigenvalue weighted by molar-refractivity contribution is 6.06. The Balaban J connectivity index is 0.00000208. The van der Waals surface area contributed by atoms with E-state index in [1.165, 1.54) is 12.3 Å². The van der Waals surface area contributed by atoms with Crippen molar-refractivity contribution in [1.82, 2.24) is 5.32 Å². The molecule has 0 saturated carbocycles. The number of carboxylic acid groups (broad SMARTS) is 1. The number of benzene rings is 1. The predicted molar refractivity (Wildman–Crippen MR) is 92.4 cm³/mol. The van der Waals surface area contributed by atoms with Crippen LogP contribution in [0.2, 0.25) is 0 Å². The quantitative estimate of drug-likeness (QED) is 0.780. The molecular formula is C16H18ClN3O4. The summed E-state index contributed by atoms with van der Waals surface area (Å²) in [5, 5.41) is 15.3. The molecule has 1 amide bonds. The fourth-order valence-electron chi connectivity index (χ4n) is 2.53. The number of nitrogens with one attached hydrogen (secondary N) is 2. The monoisotopic (exact) mass is 351 g/mol. The lowest BCUT2D eigenvalue weighted by atomic mass is 10.1. The van der Waals surface area contributed by atoms with Crippen LogP contribution >= 0.6 is 12.4 Å². The molecule has 2 heterocycles. The third-order valence-electron chi connectivity index (χ3n) is 3.71. The summed E-state index contributed by atoms with van der Waals surface area (Å²) in [6.45, 7) is 3.35. The Kier molecular flexibility index (Phi) is 5.83. The number of nitrogens with zero attached hydrogens (tertiary/aromatic N) is 1. The van der Waals surface area contributed by atoms with Crippen molar-refractivity contribution in [1.29, 1.82) is 0 Å². The molecule has 3 rings (SSSR count). The normalized spacial score (nSPS) is 13.9. The molecule has 128 valence electrons. The van der Waals surface area contributed by atoms with Crippen molar-refractivity contribution in [2.75, 3.05) is 36.4 Å². The molecule has 2 aromatic rings. The fraction of sp³-hybridized carbons (Fsp3) is 0.250. The maximum atomic E-state index is 12.0. The van der Waals surface area contributed by atoms with Gasteiger partial charge in [0.25, 0.3) is 5.91 Å². The SMILES string of the molecule is Cl.O=C(Nc1ccc(N2CCNCC2)cc1C(=O)O)c1ccco1. The van der Waals surface area contributed by atoms with Gasteiger partial charge in [-0.25, -0.2) is 4.79 Å². The van der Waals surface area contributed by atoms with Crippen molar-refractivity contribution < 1.29 is 19.1 Å². The van der Waals surface area contributed by atoms with Gasteiger partial charge in [-0.1, -0.05) is 0 Å². The molecule has 1 aliphatic rings. The van der Waals surface area contributed by atoms with Gasteiger partial charge in [0, 0.05) is 31.9 Å². The van der Waals surface area contributed by atoms with Crippen molar-refractivity contribution in [3.05, 3.63) is 47.9 Å². The van der Waals surface area contributed by atoms with E-state index in [4.69, 9.17) is 4.42 Å². The molecule has 1 saturated heterocycles. The number of anilines is 2. The molecule has 1 aromatic heterocycles. The molecule has 8 heteroatoms. The number of halogens is 1. The molecule has 3 N–H and O–H groups in total. The standard InChI is InChI=1S/C16H17N3O4.ClH/c20-15(14-2-1-9-23-14)18-13-4-3-11(10-12(13)16(21)22)19-7-5-17-6-8-19;/h1-4,9-10,17H,5-8H2,(H,18,20)(H,21,22);1H. The van der Waals surface area contributed by atoms with Crippen LogP contribution in [0.3, 0.4) is 0 Å². The van der Waals surface area contributed by atoms with Gasteiger partial charge >= 0.3 is 5.97 Å². The highest BCUT2D eigenvalue weighted by Crippen LogP contribution is 2.24. The molecule has 0 radical (unpaired) electrons. The van der Waals surface area contributed by atoms with E-state index in [9.17, 15) is 14.7 Å². The van der Waals surface area contributed by atoms with E-state index in [1.807, 2.05) is 6.07 Å². The first-order valence-electron chi connectivity index (χ1n) is 7.33. The molecule has 0 atom stereocenters. The number of hydrogen-bond donors (Lipinski definition) is 3. The molecule has 1 aromatic carbocycles. The average Bonchev–Trinajstić information content (AvgIpc) is 3.10. The number of hydrogen-bond acceptors (Lipinski definition) is 5. The summed E-state index contributed by atoms with van der Waals surface area (Å²) in [5.41, 5.74) is 1.14. The van der Waals surface area contributed by atoms with Crippen molar-refractivity contribution >= 4 is 35.7 Å². The van der Waals surface area contributed by atoms with Gasteiger partial charge in [-0.15, -0.1) is 12.4 Å². The van der Waals surface area contributed by atoms with Crippen molar-refractivity contribution in [3.63, 3.8) is 0 Å². The number of aromatic carboxylic acids is 1. The van der Waals surface area contributed by atoms with Crippen LogP contribution < -0.4 is 15.5 Å². The van der Waals surface area contributed by atoms with Crippen LogP contribution in [0.25, 0.3) is 0 Å². The molecule has 0 spiro atoms. The van der Waals surface area contributed by atoms with Crippen molar-refractivity contribution in [3.8, 4) is 0 Å². The van der Waals surface area contributed by atoms with Gasteiger partial charge in [-0.2, -0.15) is 0 Å². The Morgan fingerprint density at radius 1 is 1.21 bits per heavy atom. The minimum atomic E-state index is -1.09. The summed E-state index contributed by atoms with van der Waals surface area (Å²) in [6, 6.07) is 8.13. The molecule has 1 fully saturated rings. The third kappa shape index (κ3) is 3.87. The molecule has 7 nitrogen and oxygen atoms in total. The average molecular weight is 352 g/mol. The van der Waals surface area contributed by atoms with Gasteiger partial charge in [-0.05, 0) is 30.3 Å². The summed E-state index contributed by atoms with van der Waals surface area (Å²) >= 11 is 0. The highest BCUT2D eigenvalue weighted by atomic mass is 35.5. The summed E-state index contributed by atoms with van der Waals surface area (Å²) in [6.07, 6.45) is 1.39. The molecule has 0 bridgehead atoms. The summed E-state index contributed by atoms with van der Waals surface area (Å²) in [7, 11) is 0. The molecule has 1 aliphatic heterocycles. The van der Waals surface area contributed by atoms with Crippen LogP contribution in [-0.2, 0) is 0 Å². The topological polar surface area (TPSA) is 94.8 Å². The van der Waals surface area contributed by atoms with Crippen LogP contribution in [0.5, 0.6) is 0 Å². The maximum Gasteiger partial charge on any atom is 0.337 e. The third-order valence-corrected chi connectivity index (χ3v) is 3.71. The van der Waals surface area contributed by atoms with Gasteiger partial charge in [0.15, 0.2) is 5.76 Å². The van der Waals surface area contributed by atoms with Crippen LogP contribution in [0.15, 0.2) is 41.0 Å². The minimum absolute atomic E-state index is 0. The first-order chi connectivity index (χ1) is 11.1. The van der Waals surface area contributed by atoms with E-state index in [0.29, 0.717) is 0 Å². The van der Waals surface area contributed by atoms with E-state index in [1.54, 1.807) is 18.2 Å². The lowest BCUT2D eigenvalue weighted by Crippen LogP contribution is -2.43. The lowest BCUT2D eigenvalue weighted by molar-refractivity contribution is 0.0698. The smallest absolute Gasteiger partial charge is 0.337 e. The number of piperazine rings is 1. The second-order valence-corrected chi connectivity index (χ2v) is 5.20. The summed E-state index contributed by atoms with van der Waals surface area (Å²) < 4.78 is 5.01. The van der Waals surface area contributed by atoms with E-state index < -0.39 is 11.9 Å². The van der Waals surface area contributed by atoms with Gasteiger partial charge < -0.3 is 25.1 Å². The molecular weight excluding hydrogens is 334 g/mol. The van der Waals surface area contributed by atoms with Crippen LogP contribution in [0.1, 0.15) is 20.9 Å². The number of carboxylic acids is 1. The lowest BCUT2D eigenvalue weighted by Gasteiger charge is -2.29. The minimum Gasteiger partial charge on any atom is -0.478 e. The van der Waals surface area contributed by atoms with Crippen LogP contribution in [0, 0.1) is 0 Å². The Morgan fingerprint density at radius 3 is 2.58 bits per heavy atom.